The molecule has 1 aliphatic carbocycles. The lowest BCUT2D eigenvalue weighted by Crippen LogP contribution is -2.45. The standard InChI is InChI=1S/C14H22N2O5/c1-21-11(14(19)20)8-15-12(17)9-4-6-16(7-5-9)13(18)10-2-3-10/h9-11H,2-8H2,1H3,(H,15,17)(H,19,20). The van der Waals surface area contributed by atoms with E-state index in [-0.39, 0.29) is 30.2 Å². The molecule has 0 bridgehead atoms. The Hall–Kier alpha value is -1.63. The molecule has 0 aromatic rings. The molecule has 2 N–H and O–H groups in total. The van der Waals surface area contributed by atoms with Crippen molar-refractivity contribution in [2.45, 2.75) is 31.8 Å². The Labute approximate surface area is 123 Å². The molecular weight excluding hydrogens is 276 g/mol. The summed E-state index contributed by atoms with van der Waals surface area (Å²) < 4.78 is 4.76. The van der Waals surface area contributed by atoms with Gasteiger partial charge in [-0.3, -0.25) is 9.59 Å². The number of nitrogens with zero attached hydrogens (tertiary/aromatic N) is 1. The number of nitrogens with one attached hydrogen (secondary N) is 1. The van der Waals surface area contributed by atoms with Gasteiger partial charge in [0, 0.05) is 32.0 Å². The Morgan fingerprint density at radius 3 is 2.29 bits per heavy atom. The number of carboxylic acid groups (broad SMARTS) is 1. The minimum atomic E-state index is -1.09. The van der Waals surface area contributed by atoms with E-state index >= 15 is 0 Å². The first-order valence-corrected chi connectivity index (χ1v) is 7.35. The topological polar surface area (TPSA) is 95.9 Å². The van der Waals surface area contributed by atoms with Crippen LogP contribution in [0.3, 0.4) is 0 Å². The summed E-state index contributed by atoms with van der Waals surface area (Å²) in [5, 5.41) is 11.4. The van der Waals surface area contributed by atoms with Crippen molar-refractivity contribution in [2.24, 2.45) is 11.8 Å². The van der Waals surface area contributed by atoms with Gasteiger partial charge in [-0.2, -0.15) is 0 Å². The lowest BCUT2D eigenvalue weighted by atomic mass is 9.95. The zero-order valence-corrected chi connectivity index (χ0v) is 12.2. The fourth-order valence-electron chi connectivity index (χ4n) is 2.56. The van der Waals surface area contributed by atoms with Gasteiger partial charge in [-0.25, -0.2) is 4.79 Å². The third kappa shape index (κ3) is 4.17. The van der Waals surface area contributed by atoms with Gasteiger partial charge in [0.25, 0.3) is 0 Å². The minimum Gasteiger partial charge on any atom is -0.479 e. The van der Waals surface area contributed by atoms with Crippen LogP contribution in [-0.4, -0.2) is 60.6 Å². The molecule has 1 saturated carbocycles. The third-order valence-electron chi connectivity index (χ3n) is 4.13. The van der Waals surface area contributed by atoms with Crippen molar-refractivity contribution in [1.82, 2.24) is 10.2 Å². The number of amides is 2. The Morgan fingerprint density at radius 2 is 1.81 bits per heavy atom. The molecule has 0 aromatic heterocycles. The Kier molecular flexibility index (Phi) is 5.17. The highest BCUT2D eigenvalue weighted by molar-refractivity contribution is 5.82. The van der Waals surface area contributed by atoms with Gasteiger partial charge < -0.3 is 20.1 Å². The summed E-state index contributed by atoms with van der Waals surface area (Å²) in [4.78, 5) is 36.5. The van der Waals surface area contributed by atoms with Crippen molar-refractivity contribution >= 4 is 17.8 Å². The molecule has 21 heavy (non-hydrogen) atoms. The van der Waals surface area contributed by atoms with Crippen LogP contribution in [0.15, 0.2) is 0 Å². The summed E-state index contributed by atoms with van der Waals surface area (Å²) in [7, 11) is 1.30. The average molecular weight is 298 g/mol. The predicted octanol–water partition coefficient (Wildman–Crippen LogP) is -0.149. The maximum atomic E-state index is 12.0. The van der Waals surface area contributed by atoms with Crippen LogP contribution in [0.25, 0.3) is 0 Å². The lowest BCUT2D eigenvalue weighted by molar-refractivity contribution is -0.148. The van der Waals surface area contributed by atoms with E-state index < -0.39 is 12.1 Å². The van der Waals surface area contributed by atoms with E-state index in [0.29, 0.717) is 25.9 Å². The molecule has 7 heteroatoms. The van der Waals surface area contributed by atoms with Crippen LogP contribution in [0.2, 0.25) is 0 Å². The highest BCUT2D eigenvalue weighted by Gasteiger charge is 2.36. The summed E-state index contributed by atoms with van der Waals surface area (Å²) >= 11 is 0. The molecule has 118 valence electrons. The van der Waals surface area contributed by atoms with Gasteiger partial charge in [-0.1, -0.05) is 0 Å². The summed E-state index contributed by atoms with van der Waals surface area (Å²) in [6.07, 6.45) is 2.23. The number of likely N-dealkylation sites (tertiary alicyclic amines) is 1. The number of aliphatic carboxylic acids is 1. The van der Waals surface area contributed by atoms with Crippen molar-refractivity contribution in [3.63, 3.8) is 0 Å². The second-order valence-electron chi connectivity index (χ2n) is 5.68. The fourth-order valence-corrected chi connectivity index (χ4v) is 2.56. The number of carbonyl (C=O) groups is 3. The zero-order valence-electron chi connectivity index (χ0n) is 12.2. The van der Waals surface area contributed by atoms with Crippen LogP contribution in [-0.2, 0) is 19.1 Å². The number of rotatable bonds is 6. The average Bonchev–Trinajstić information content (AvgIpc) is 3.31. The van der Waals surface area contributed by atoms with E-state index in [1.807, 2.05) is 4.90 Å². The molecule has 7 nitrogen and oxygen atoms in total. The first-order valence-electron chi connectivity index (χ1n) is 7.35. The number of carboxylic acids is 1. The molecule has 2 aliphatic rings. The summed E-state index contributed by atoms with van der Waals surface area (Å²) in [6, 6.07) is 0. The van der Waals surface area contributed by atoms with Crippen LogP contribution >= 0.6 is 0 Å². The first kappa shape index (κ1) is 15.8. The number of hydrogen-bond acceptors (Lipinski definition) is 4. The lowest BCUT2D eigenvalue weighted by Gasteiger charge is -2.31. The molecular formula is C14H22N2O5. The normalized spacial score (nSPS) is 20.9. The van der Waals surface area contributed by atoms with Gasteiger partial charge in [-0.05, 0) is 25.7 Å². The predicted molar refractivity (Wildman–Crippen MR) is 73.5 cm³/mol. The van der Waals surface area contributed by atoms with Crippen LogP contribution in [0, 0.1) is 11.8 Å². The monoisotopic (exact) mass is 298 g/mol. The van der Waals surface area contributed by atoms with Crippen LogP contribution in [0.4, 0.5) is 0 Å². The van der Waals surface area contributed by atoms with Crippen LogP contribution in [0.5, 0.6) is 0 Å². The highest BCUT2D eigenvalue weighted by atomic mass is 16.5. The van der Waals surface area contributed by atoms with Crippen molar-refractivity contribution in [3.05, 3.63) is 0 Å². The second-order valence-corrected chi connectivity index (χ2v) is 5.68. The SMILES string of the molecule is COC(CNC(=O)C1CCN(C(=O)C2CC2)CC1)C(=O)O. The second kappa shape index (κ2) is 6.89. The fraction of sp³-hybridized carbons (Fsp3) is 0.786. The molecule has 2 amide bonds. The van der Waals surface area contributed by atoms with Gasteiger partial charge in [0.2, 0.25) is 11.8 Å². The molecule has 2 fully saturated rings. The van der Waals surface area contributed by atoms with Gasteiger partial charge in [-0.15, -0.1) is 0 Å². The summed E-state index contributed by atoms with van der Waals surface area (Å²) in [5.41, 5.74) is 0. The van der Waals surface area contributed by atoms with E-state index in [0.717, 1.165) is 12.8 Å². The highest BCUT2D eigenvalue weighted by Crippen LogP contribution is 2.32. The van der Waals surface area contributed by atoms with Crippen LogP contribution < -0.4 is 5.32 Å². The largest absolute Gasteiger partial charge is 0.479 e. The van der Waals surface area contributed by atoms with Gasteiger partial charge in [0.15, 0.2) is 6.10 Å². The van der Waals surface area contributed by atoms with Crippen molar-refractivity contribution in [3.8, 4) is 0 Å². The molecule has 1 atom stereocenters. The molecule has 1 saturated heterocycles. The van der Waals surface area contributed by atoms with E-state index in [1.165, 1.54) is 7.11 Å². The van der Waals surface area contributed by atoms with E-state index in [1.54, 1.807) is 0 Å². The Morgan fingerprint density at radius 1 is 1.19 bits per heavy atom. The van der Waals surface area contributed by atoms with Gasteiger partial charge in [0.1, 0.15) is 0 Å². The maximum Gasteiger partial charge on any atom is 0.334 e. The maximum absolute atomic E-state index is 12.0. The molecule has 0 spiro atoms. The summed E-state index contributed by atoms with van der Waals surface area (Å²) in [6.45, 7) is 1.19. The minimum absolute atomic E-state index is 0.0358. The van der Waals surface area contributed by atoms with E-state index in [9.17, 15) is 14.4 Å². The molecule has 1 heterocycles. The number of hydrogen-bond donors (Lipinski definition) is 2. The smallest absolute Gasteiger partial charge is 0.334 e. The molecule has 1 unspecified atom stereocenters. The summed E-state index contributed by atoms with van der Waals surface area (Å²) in [5.74, 6) is -0.966. The Bertz CT molecular complexity index is 414. The zero-order chi connectivity index (χ0) is 15.4. The van der Waals surface area contributed by atoms with Crippen LogP contribution in [0.1, 0.15) is 25.7 Å². The Balaban J connectivity index is 1.72. The number of methoxy groups -OCH3 is 1. The van der Waals surface area contributed by atoms with Crippen molar-refractivity contribution in [1.29, 1.82) is 0 Å². The van der Waals surface area contributed by atoms with E-state index in [2.05, 4.69) is 5.32 Å². The number of piperidine rings is 1. The third-order valence-corrected chi connectivity index (χ3v) is 4.13. The number of ether oxygens (including phenoxy) is 1. The van der Waals surface area contributed by atoms with Crippen molar-refractivity contribution < 1.29 is 24.2 Å². The molecule has 2 rings (SSSR count). The van der Waals surface area contributed by atoms with Gasteiger partial charge in [0.05, 0.1) is 6.54 Å². The molecule has 1 aliphatic heterocycles. The quantitative estimate of drug-likeness (QED) is 0.711. The van der Waals surface area contributed by atoms with Gasteiger partial charge >= 0.3 is 5.97 Å². The van der Waals surface area contributed by atoms with Crippen molar-refractivity contribution in [2.75, 3.05) is 26.7 Å². The van der Waals surface area contributed by atoms with E-state index in [4.69, 9.17) is 9.84 Å². The molecule has 0 aromatic carbocycles. The molecule has 0 radical (unpaired) electrons. The first-order chi connectivity index (χ1) is 10.0. The number of carbonyl (C=O) groups excluding carboxylic acids is 2.